The van der Waals surface area contributed by atoms with Crippen LogP contribution in [0.2, 0.25) is 0 Å². The van der Waals surface area contributed by atoms with Crippen molar-refractivity contribution in [2.24, 2.45) is 13.0 Å². The average molecular weight is 488 g/mol. The number of hydrogen-bond acceptors (Lipinski definition) is 6. The van der Waals surface area contributed by atoms with Crippen molar-refractivity contribution in [2.45, 2.75) is 40.0 Å². The number of carbonyl (C=O) groups is 1. The fraction of sp³-hybridized carbons (Fsp3) is 0.333. The molecule has 0 amide bonds. The van der Waals surface area contributed by atoms with E-state index in [4.69, 9.17) is 9.72 Å². The molecule has 0 saturated carbocycles. The van der Waals surface area contributed by atoms with Gasteiger partial charge in [0.15, 0.2) is 11.2 Å². The molecule has 1 atom stereocenters. The first-order chi connectivity index (χ1) is 17.4. The van der Waals surface area contributed by atoms with Crippen molar-refractivity contribution in [1.82, 2.24) is 18.7 Å². The van der Waals surface area contributed by atoms with E-state index in [1.54, 1.807) is 7.05 Å². The Morgan fingerprint density at radius 1 is 1.03 bits per heavy atom. The van der Waals surface area contributed by atoms with E-state index in [-0.39, 0.29) is 12.5 Å². The summed E-state index contributed by atoms with van der Waals surface area (Å²) in [6.45, 7) is 5.16. The van der Waals surface area contributed by atoms with Gasteiger partial charge in [0.2, 0.25) is 5.95 Å². The molecule has 186 valence electrons. The Balaban J connectivity index is 1.53. The number of esters is 1. The van der Waals surface area contributed by atoms with E-state index >= 15 is 0 Å². The van der Waals surface area contributed by atoms with Gasteiger partial charge in [-0.05, 0) is 35.6 Å². The molecular formula is C27H29N5O4. The third-order valence-electron chi connectivity index (χ3n) is 6.63. The van der Waals surface area contributed by atoms with E-state index in [1.807, 2.05) is 34.9 Å². The van der Waals surface area contributed by atoms with Crippen LogP contribution in [-0.2, 0) is 42.7 Å². The Kier molecular flexibility index (Phi) is 6.22. The fourth-order valence-corrected chi connectivity index (χ4v) is 4.69. The van der Waals surface area contributed by atoms with Crippen molar-refractivity contribution < 1.29 is 9.53 Å². The van der Waals surface area contributed by atoms with Crippen LogP contribution in [0.5, 0.6) is 0 Å². The zero-order valence-corrected chi connectivity index (χ0v) is 20.7. The second-order valence-electron chi connectivity index (χ2n) is 9.31. The van der Waals surface area contributed by atoms with Crippen LogP contribution in [0, 0.1) is 5.92 Å². The molecule has 2 aromatic heterocycles. The Morgan fingerprint density at radius 3 is 2.44 bits per heavy atom. The van der Waals surface area contributed by atoms with Gasteiger partial charge in [0.25, 0.3) is 5.56 Å². The van der Waals surface area contributed by atoms with Crippen LogP contribution in [0.4, 0.5) is 11.6 Å². The second kappa shape index (κ2) is 9.49. The molecule has 2 aromatic carbocycles. The number of benzene rings is 2. The lowest BCUT2D eigenvalue weighted by atomic mass is 10.1. The molecule has 1 aliphatic rings. The molecule has 0 aliphatic carbocycles. The Labute approximate surface area is 208 Å². The average Bonchev–Trinajstić information content (AvgIpc) is 3.28. The van der Waals surface area contributed by atoms with Crippen molar-refractivity contribution >= 4 is 28.8 Å². The molecule has 36 heavy (non-hydrogen) atoms. The summed E-state index contributed by atoms with van der Waals surface area (Å²) in [4.78, 5) is 46.0. The molecule has 9 nitrogen and oxygen atoms in total. The molecule has 0 radical (unpaired) electrons. The molecular weight excluding hydrogens is 458 g/mol. The SMILES string of the molecule is CCc1ccc(N2CC(C)Cn3c2nc2c3c(=O)n(CC(=O)OCc3ccccc3)c(=O)n2C)cc1. The highest BCUT2D eigenvalue weighted by Gasteiger charge is 2.30. The highest BCUT2D eigenvalue weighted by Crippen LogP contribution is 2.32. The zero-order valence-electron chi connectivity index (χ0n) is 20.7. The van der Waals surface area contributed by atoms with E-state index < -0.39 is 23.8 Å². The fourth-order valence-electron chi connectivity index (χ4n) is 4.69. The maximum Gasteiger partial charge on any atom is 0.333 e. The summed E-state index contributed by atoms with van der Waals surface area (Å²) in [7, 11) is 1.57. The monoisotopic (exact) mass is 487 g/mol. The van der Waals surface area contributed by atoms with E-state index in [9.17, 15) is 14.4 Å². The van der Waals surface area contributed by atoms with Gasteiger partial charge in [-0.3, -0.25) is 14.2 Å². The lowest BCUT2D eigenvalue weighted by molar-refractivity contribution is -0.145. The minimum atomic E-state index is -0.651. The molecule has 1 aliphatic heterocycles. The number of aromatic nitrogens is 4. The number of imidazole rings is 1. The van der Waals surface area contributed by atoms with Gasteiger partial charge in [-0.25, -0.2) is 9.36 Å². The zero-order chi connectivity index (χ0) is 25.4. The summed E-state index contributed by atoms with van der Waals surface area (Å²) in [5, 5.41) is 0. The number of carbonyl (C=O) groups excluding carboxylic acids is 1. The number of rotatable bonds is 6. The number of anilines is 2. The summed E-state index contributed by atoms with van der Waals surface area (Å²) in [5.74, 6) is 0.201. The molecule has 9 heteroatoms. The van der Waals surface area contributed by atoms with Crippen LogP contribution in [0.25, 0.3) is 11.2 Å². The third kappa shape index (κ3) is 4.21. The molecule has 0 bridgehead atoms. The van der Waals surface area contributed by atoms with Crippen LogP contribution >= 0.6 is 0 Å². The first kappa shape index (κ1) is 23.6. The molecule has 1 unspecified atom stereocenters. The lowest BCUT2D eigenvalue weighted by Gasteiger charge is -2.33. The lowest BCUT2D eigenvalue weighted by Crippen LogP contribution is -2.42. The number of aryl methyl sites for hydroxylation is 2. The Morgan fingerprint density at radius 2 is 1.75 bits per heavy atom. The summed E-state index contributed by atoms with van der Waals surface area (Å²) in [5.41, 5.74) is 2.51. The van der Waals surface area contributed by atoms with Gasteiger partial charge in [0.1, 0.15) is 13.2 Å². The molecule has 3 heterocycles. The first-order valence-electron chi connectivity index (χ1n) is 12.1. The van der Waals surface area contributed by atoms with Crippen molar-refractivity contribution in [2.75, 3.05) is 11.4 Å². The van der Waals surface area contributed by atoms with Gasteiger partial charge >= 0.3 is 11.7 Å². The maximum atomic E-state index is 13.5. The smallest absolute Gasteiger partial charge is 0.333 e. The first-order valence-corrected chi connectivity index (χ1v) is 12.1. The van der Waals surface area contributed by atoms with E-state index in [2.05, 4.69) is 43.0 Å². The molecule has 0 saturated heterocycles. The van der Waals surface area contributed by atoms with E-state index in [1.165, 1.54) is 10.1 Å². The van der Waals surface area contributed by atoms with Crippen molar-refractivity contribution in [1.29, 1.82) is 0 Å². The van der Waals surface area contributed by atoms with Crippen molar-refractivity contribution in [3.05, 3.63) is 86.6 Å². The quantitative estimate of drug-likeness (QED) is 0.389. The molecule has 0 fully saturated rings. The predicted octanol–water partition coefficient (Wildman–Crippen LogP) is 2.99. The van der Waals surface area contributed by atoms with Gasteiger partial charge in [-0.15, -0.1) is 0 Å². The Hall–Kier alpha value is -4.14. The molecule has 0 N–H and O–H groups in total. The molecule has 5 rings (SSSR count). The number of ether oxygens (including phenoxy) is 1. The van der Waals surface area contributed by atoms with Crippen LogP contribution in [0.15, 0.2) is 64.2 Å². The van der Waals surface area contributed by atoms with Gasteiger partial charge in [-0.2, -0.15) is 4.98 Å². The summed E-state index contributed by atoms with van der Waals surface area (Å²) in [6.07, 6.45) is 0.949. The normalized spacial score (nSPS) is 15.2. The molecule has 4 aromatic rings. The second-order valence-corrected chi connectivity index (χ2v) is 9.31. The Bertz CT molecular complexity index is 1530. The highest BCUT2D eigenvalue weighted by atomic mass is 16.5. The van der Waals surface area contributed by atoms with E-state index in [0.29, 0.717) is 23.7 Å². The van der Waals surface area contributed by atoms with Crippen molar-refractivity contribution in [3.8, 4) is 0 Å². The third-order valence-corrected chi connectivity index (χ3v) is 6.63. The summed E-state index contributed by atoms with van der Waals surface area (Å²) < 4.78 is 9.45. The number of hydrogen-bond donors (Lipinski definition) is 0. The van der Waals surface area contributed by atoms with Crippen LogP contribution in [0.3, 0.4) is 0 Å². The topological polar surface area (TPSA) is 91.4 Å². The number of nitrogens with zero attached hydrogens (tertiary/aromatic N) is 5. The largest absolute Gasteiger partial charge is 0.459 e. The maximum absolute atomic E-state index is 13.5. The predicted molar refractivity (Wildman–Crippen MR) is 137 cm³/mol. The van der Waals surface area contributed by atoms with E-state index in [0.717, 1.165) is 28.8 Å². The van der Waals surface area contributed by atoms with Gasteiger partial charge in [0.05, 0.1) is 0 Å². The van der Waals surface area contributed by atoms with Gasteiger partial charge < -0.3 is 14.2 Å². The number of fused-ring (bicyclic) bond motifs is 3. The minimum absolute atomic E-state index is 0.0718. The molecule has 0 spiro atoms. The van der Waals surface area contributed by atoms with Crippen LogP contribution < -0.4 is 16.1 Å². The van der Waals surface area contributed by atoms with Gasteiger partial charge in [-0.1, -0.05) is 56.3 Å². The summed E-state index contributed by atoms with van der Waals surface area (Å²) in [6, 6.07) is 17.5. The highest BCUT2D eigenvalue weighted by molar-refractivity contribution is 5.77. The standard InChI is InChI=1S/C27H29N5O4/c1-4-19-10-12-21(13-11-19)30-14-18(2)15-31-23-24(28-26(30)31)29(3)27(35)32(25(23)34)16-22(33)36-17-20-8-6-5-7-9-20/h5-13,18H,4,14-17H2,1-3H3. The minimum Gasteiger partial charge on any atom is -0.459 e. The van der Waals surface area contributed by atoms with Crippen LogP contribution in [0.1, 0.15) is 25.0 Å². The van der Waals surface area contributed by atoms with Crippen molar-refractivity contribution in [3.63, 3.8) is 0 Å². The van der Waals surface area contributed by atoms with Crippen LogP contribution in [-0.4, -0.2) is 31.2 Å². The summed E-state index contributed by atoms with van der Waals surface area (Å²) >= 11 is 0. The van der Waals surface area contributed by atoms with Gasteiger partial charge in [0, 0.05) is 25.8 Å².